The zero-order chi connectivity index (χ0) is 11.3. The highest BCUT2D eigenvalue weighted by Crippen LogP contribution is 2.54. The number of ether oxygens (including phenoxy) is 1. The number of fused-ring (bicyclic) bond motifs is 3. The van der Waals surface area contributed by atoms with Crippen LogP contribution in [0, 0.1) is 5.92 Å². The molecular formula is C12H23NO2. The van der Waals surface area contributed by atoms with Crippen molar-refractivity contribution in [2.75, 3.05) is 6.61 Å². The van der Waals surface area contributed by atoms with Gasteiger partial charge in [-0.3, -0.25) is 0 Å². The quantitative estimate of drug-likeness (QED) is 0.729. The van der Waals surface area contributed by atoms with Crippen LogP contribution < -0.4 is 5.73 Å². The molecule has 3 unspecified atom stereocenters. The van der Waals surface area contributed by atoms with E-state index in [9.17, 15) is 0 Å². The van der Waals surface area contributed by atoms with Gasteiger partial charge in [0.15, 0.2) is 0 Å². The lowest BCUT2D eigenvalue weighted by Gasteiger charge is -2.62. The third-order valence-corrected chi connectivity index (χ3v) is 4.28. The molecule has 2 bridgehead atoms. The van der Waals surface area contributed by atoms with E-state index < -0.39 is 0 Å². The van der Waals surface area contributed by atoms with Gasteiger partial charge < -0.3 is 15.6 Å². The van der Waals surface area contributed by atoms with E-state index in [0.29, 0.717) is 12.3 Å². The predicted molar refractivity (Wildman–Crippen MR) is 59.5 cm³/mol. The van der Waals surface area contributed by atoms with E-state index in [1.807, 2.05) is 0 Å². The molecule has 88 valence electrons. The molecule has 0 radical (unpaired) electrons. The van der Waals surface area contributed by atoms with Crippen molar-refractivity contribution in [3.8, 4) is 0 Å². The van der Waals surface area contributed by atoms with Gasteiger partial charge in [0.2, 0.25) is 0 Å². The number of hydrogen-bond acceptors (Lipinski definition) is 3. The van der Waals surface area contributed by atoms with Crippen LogP contribution in [0.3, 0.4) is 0 Å². The second-order valence-corrected chi connectivity index (χ2v) is 6.13. The zero-order valence-corrected chi connectivity index (χ0v) is 10.0. The van der Waals surface area contributed by atoms with Crippen molar-refractivity contribution in [1.82, 2.24) is 0 Å². The maximum Gasteiger partial charge on any atom is 0.0679 e. The molecule has 1 aliphatic carbocycles. The van der Waals surface area contributed by atoms with Crippen LogP contribution in [0.5, 0.6) is 0 Å². The number of aliphatic hydroxyl groups is 1. The maximum absolute atomic E-state index is 9.15. The summed E-state index contributed by atoms with van der Waals surface area (Å²) >= 11 is 0. The highest BCUT2D eigenvalue weighted by molar-refractivity contribution is 5.12. The smallest absolute Gasteiger partial charge is 0.0679 e. The van der Waals surface area contributed by atoms with Crippen LogP contribution in [0.15, 0.2) is 0 Å². The van der Waals surface area contributed by atoms with Gasteiger partial charge in [-0.1, -0.05) is 0 Å². The number of rotatable bonds is 2. The van der Waals surface area contributed by atoms with Crippen molar-refractivity contribution in [1.29, 1.82) is 0 Å². The molecule has 2 aliphatic heterocycles. The number of aliphatic hydroxyl groups excluding tert-OH is 1. The van der Waals surface area contributed by atoms with E-state index in [4.69, 9.17) is 15.6 Å². The summed E-state index contributed by atoms with van der Waals surface area (Å²) < 4.78 is 6.14. The van der Waals surface area contributed by atoms with E-state index in [1.165, 1.54) is 0 Å². The Morgan fingerprint density at radius 1 is 1.40 bits per heavy atom. The molecule has 0 amide bonds. The lowest BCUT2D eigenvalue weighted by atomic mass is 9.58. The number of nitrogens with two attached hydrogens (primary N) is 1. The normalized spacial score (nSPS) is 48.2. The molecule has 15 heavy (non-hydrogen) atoms. The van der Waals surface area contributed by atoms with E-state index >= 15 is 0 Å². The molecule has 3 fully saturated rings. The maximum atomic E-state index is 9.15. The van der Waals surface area contributed by atoms with Crippen LogP contribution in [0.4, 0.5) is 0 Å². The third kappa shape index (κ3) is 1.71. The average molecular weight is 213 g/mol. The minimum absolute atomic E-state index is 0.0812. The third-order valence-electron chi connectivity index (χ3n) is 4.28. The van der Waals surface area contributed by atoms with Crippen molar-refractivity contribution in [2.45, 2.75) is 63.2 Å². The summed E-state index contributed by atoms with van der Waals surface area (Å²) in [6, 6.07) is 0. The fraction of sp³-hybridized carbons (Fsp3) is 1.00. The summed E-state index contributed by atoms with van der Waals surface area (Å²) in [7, 11) is 0. The van der Waals surface area contributed by atoms with Gasteiger partial charge in [-0.2, -0.15) is 0 Å². The van der Waals surface area contributed by atoms with Gasteiger partial charge in [-0.25, -0.2) is 0 Å². The largest absolute Gasteiger partial charge is 0.396 e. The highest BCUT2D eigenvalue weighted by atomic mass is 16.5. The summed E-state index contributed by atoms with van der Waals surface area (Å²) in [4.78, 5) is 0. The van der Waals surface area contributed by atoms with Crippen molar-refractivity contribution in [3.63, 3.8) is 0 Å². The van der Waals surface area contributed by atoms with E-state index in [2.05, 4.69) is 20.8 Å². The Morgan fingerprint density at radius 3 is 2.53 bits per heavy atom. The van der Waals surface area contributed by atoms with Gasteiger partial charge >= 0.3 is 0 Å². The molecule has 3 nitrogen and oxygen atoms in total. The molecule has 0 aromatic carbocycles. The van der Waals surface area contributed by atoms with Gasteiger partial charge in [-0.15, -0.1) is 0 Å². The first-order valence-electron chi connectivity index (χ1n) is 5.91. The SMILES string of the molecule is CC12CCC(C(N)(CCO)C1)C(C)(C)O2. The Labute approximate surface area is 92.0 Å². The molecule has 0 aromatic rings. The van der Waals surface area contributed by atoms with Gasteiger partial charge in [0.1, 0.15) is 0 Å². The van der Waals surface area contributed by atoms with E-state index in [-0.39, 0.29) is 23.3 Å². The second kappa shape index (κ2) is 3.19. The molecule has 2 saturated heterocycles. The molecule has 2 heterocycles. The van der Waals surface area contributed by atoms with Crippen LogP contribution in [-0.2, 0) is 4.74 Å². The van der Waals surface area contributed by atoms with Crippen LogP contribution in [0.2, 0.25) is 0 Å². The topological polar surface area (TPSA) is 55.5 Å². The van der Waals surface area contributed by atoms with Gasteiger partial charge in [-0.05, 0) is 46.5 Å². The van der Waals surface area contributed by atoms with Crippen LogP contribution >= 0.6 is 0 Å². The molecule has 0 aromatic heterocycles. The number of hydrogen-bond donors (Lipinski definition) is 2. The minimum Gasteiger partial charge on any atom is -0.396 e. The van der Waals surface area contributed by atoms with Gasteiger partial charge in [0.25, 0.3) is 0 Å². The first-order chi connectivity index (χ1) is 6.81. The monoisotopic (exact) mass is 213 g/mol. The standard InChI is InChI=1S/C12H23NO2/c1-10(2)9-4-5-11(3,15-10)8-12(9,13)6-7-14/h9,14H,4-8,13H2,1-3H3. The lowest BCUT2D eigenvalue weighted by molar-refractivity contribution is -0.257. The summed E-state index contributed by atoms with van der Waals surface area (Å²) in [5, 5.41) is 9.15. The Bertz CT molecular complexity index is 264. The minimum atomic E-state index is -0.233. The molecule has 3 rings (SSSR count). The summed E-state index contributed by atoms with van der Waals surface area (Å²) in [5.74, 6) is 0.374. The van der Waals surface area contributed by atoms with E-state index in [1.54, 1.807) is 0 Å². The molecule has 3 N–H and O–H groups in total. The first-order valence-corrected chi connectivity index (χ1v) is 5.91. The van der Waals surface area contributed by atoms with Crippen molar-refractivity contribution in [3.05, 3.63) is 0 Å². The first kappa shape index (κ1) is 11.4. The summed E-state index contributed by atoms with van der Waals surface area (Å²) in [5.41, 5.74) is 6.02. The fourth-order valence-electron chi connectivity index (χ4n) is 3.95. The Morgan fingerprint density at radius 2 is 2.07 bits per heavy atom. The molecule has 0 spiro atoms. The molecule has 3 aliphatic rings. The molecule has 1 saturated carbocycles. The molecule has 3 heteroatoms. The molecule has 3 atom stereocenters. The zero-order valence-electron chi connectivity index (χ0n) is 10.0. The Balaban J connectivity index is 2.30. The van der Waals surface area contributed by atoms with E-state index in [0.717, 1.165) is 19.3 Å². The highest BCUT2D eigenvalue weighted by Gasteiger charge is 2.58. The van der Waals surface area contributed by atoms with Crippen molar-refractivity contribution >= 4 is 0 Å². The van der Waals surface area contributed by atoms with Crippen LogP contribution in [0.1, 0.15) is 46.5 Å². The van der Waals surface area contributed by atoms with Crippen LogP contribution in [-0.4, -0.2) is 28.5 Å². The molecular weight excluding hydrogens is 190 g/mol. The van der Waals surface area contributed by atoms with Gasteiger partial charge in [0.05, 0.1) is 11.2 Å². The van der Waals surface area contributed by atoms with Crippen LogP contribution in [0.25, 0.3) is 0 Å². The van der Waals surface area contributed by atoms with Crippen molar-refractivity contribution < 1.29 is 9.84 Å². The second-order valence-electron chi connectivity index (χ2n) is 6.13. The summed E-state index contributed by atoms with van der Waals surface area (Å²) in [6.07, 6.45) is 3.81. The fourth-order valence-corrected chi connectivity index (χ4v) is 3.95. The average Bonchev–Trinajstić information content (AvgIpc) is 1.98. The Kier molecular flexibility index (Phi) is 2.42. The predicted octanol–water partition coefficient (Wildman–Crippen LogP) is 1.43. The lowest BCUT2D eigenvalue weighted by Crippen LogP contribution is -2.69. The summed E-state index contributed by atoms with van der Waals surface area (Å²) in [6.45, 7) is 6.60. The Hall–Kier alpha value is -0.120. The van der Waals surface area contributed by atoms with Gasteiger partial charge in [0, 0.05) is 18.1 Å². The van der Waals surface area contributed by atoms with Crippen molar-refractivity contribution in [2.24, 2.45) is 11.7 Å².